The zero-order valence-electron chi connectivity index (χ0n) is 18.6. The van der Waals surface area contributed by atoms with E-state index in [0.717, 1.165) is 37.4 Å². The number of piperidine rings is 1. The van der Waals surface area contributed by atoms with Gasteiger partial charge < -0.3 is 25.0 Å². The molecule has 1 aromatic heterocycles. The fourth-order valence-corrected chi connectivity index (χ4v) is 3.48. The molecule has 0 radical (unpaired) electrons. The summed E-state index contributed by atoms with van der Waals surface area (Å²) < 4.78 is 11.1. The molecule has 31 heavy (non-hydrogen) atoms. The second-order valence-electron chi connectivity index (χ2n) is 8.01. The Morgan fingerprint density at radius 3 is 2.61 bits per heavy atom. The van der Waals surface area contributed by atoms with Crippen LogP contribution in [0.15, 0.2) is 36.7 Å². The van der Waals surface area contributed by atoms with Gasteiger partial charge in [-0.1, -0.05) is 6.07 Å². The lowest BCUT2D eigenvalue weighted by Crippen LogP contribution is -2.39. The minimum absolute atomic E-state index is 0.0360. The maximum Gasteiger partial charge on any atom is 0.246 e. The average Bonchev–Trinajstić information content (AvgIpc) is 2.78. The van der Waals surface area contributed by atoms with Gasteiger partial charge in [-0.15, -0.1) is 0 Å². The van der Waals surface area contributed by atoms with Crippen LogP contribution in [-0.4, -0.2) is 54.8 Å². The van der Waals surface area contributed by atoms with E-state index in [4.69, 9.17) is 9.47 Å². The Balaban J connectivity index is 1.49. The number of anilines is 2. The van der Waals surface area contributed by atoms with E-state index in [1.54, 1.807) is 12.4 Å². The molecular weight excluding hydrogens is 394 g/mol. The molecule has 2 heterocycles. The first-order valence-corrected chi connectivity index (χ1v) is 11.0. The number of carbonyl (C=O) groups excluding carboxylic acids is 1. The third-order valence-electron chi connectivity index (χ3n) is 5.10. The van der Waals surface area contributed by atoms with Crippen LogP contribution in [0, 0.1) is 5.92 Å². The topological polar surface area (TPSA) is 88.6 Å². The highest BCUT2D eigenvalue weighted by Gasteiger charge is 2.20. The van der Waals surface area contributed by atoms with E-state index in [0.29, 0.717) is 30.8 Å². The number of hydrogen-bond acceptors (Lipinski definition) is 7. The lowest BCUT2D eigenvalue weighted by atomic mass is 9.96. The summed E-state index contributed by atoms with van der Waals surface area (Å²) in [5, 5.41) is 6.14. The molecule has 1 saturated heterocycles. The Labute approximate surface area is 184 Å². The quantitative estimate of drug-likeness (QED) is 0.600. The molecule has 0 bridgehead atoms. The summed E-state index contributed by atoms with van der Waals surface area (Å²) in [6.07, 6.45) is 5.43. The maximum atomic E-state index is 11.7. The third kappa shape index (κ3) is 7.40. The summed E-state index contributed by atoms with van der Waals surface area (Å²) in [6.45, 7) is 9.29. The molecule has 1 aromatic carbocycles. The first-order valence-electron chi connectivity index (χ1n) is 11.0. The predicted molar refractivity (Wildman–Crippen MR) is 122 cm³/mol. The van der Waals surface area contributed by atoms with Crippen LogP contribution in [-0.2, 0) is 9.53 Å². The smallest absolute Gasteiger partial charge is 0.246 e. The average molecular weight is 428 g/mol. The van der Waals surface area contributed by atoms with Crippen molar-refractivity contribution in [1.29, 1.82) is 0 Å². The molecule has 3 rings (SSSR count). The van der Waals surface area contributed by atoms with Crippen molar-refractivity contribution in [2.24, 2.45) is 5.92 Å². The van der Waals surface area contributed by atoms with Crippen LogP contribution < -0.4 is 20.3 Å². The maximum absolute atomic E-state index is 11.7. The highest BCUT2D eigenvalue weighted by Crippen LogP contribution is 2.28. The first-order chi connectivity index (χ1) is 15.0. The number of nitrogens with one attached hydrogen (secondary N) is 2. The molecule has 0 saturated carbocycles. The number of ether oxygens (including phenoxy) is 2. The minimum atomic E-state index is -0.0360. The molecule has 2 N–H and O–H groups in total. The van der Waals surface area contributed by atoms with Crippen molar-refractivity contribution in [3.63, 3.8) is 0 Å². The molecule has 0 aliphatic carbocycles. The van der Waals surface area contributed by atoms with Crippen LogP contribution in [0.2, 0.25) is 0 Å². The summed E-state index contributed by atoms with van der Waals surface area (Å²) in [7, 11) is 0. The second-order valence-corrected chi connectivity index (χ2v) is 8.01. The Bertz CT molecular complexity index is 820. The van der Waals surface area contributed by atoms with Gasteiger partial charge in [-0.2, -0.15) is 0 Å². The van der Waals surface area contributed by atoms with Gasteiger partial charge in [-0.3, -0.25) is 4.79 Å². The third-order valence-corrected chi connectivity index (χ3v) is 5.10. The SMILES string of the molecule is CCOCC(=O)NCC1CCN(c2cccc(Oc3cnc(NC(C)C)nc3)c2)CC1. The van der Waals surface area contributed by atoms with Gasteiger partial charge in [0.2, 0.25) is 11.9 Å². The Kier molecular flexibility index (Phi) is 8.46. The Morgan fingerprint density at radius 1 is 1.19 bits per heavy atom. The van der Waals surface area contributed by atoms with Crippen LogP contribution in [0.3, 0.4) is 0 Å². The Morgan fingerprint density at radius 2 is 1.94 bits per heavy atom. The van der Waals surface area contributed by atoms with Gasteiger partial charge in [0.15, 0.2) is 5.75 Å². The molecule has 0 spiro atoms. The van der Waals surface area contributed by atoms with Crippen molar-refractivity contribution >= 4 is 17.5 Å². The number of rotatable bonds is 10. The van der Waals surface area contributed by atoms with Gasteiger partial charge >= 0.3 is 0 Å². The van der Waals surface area contributed by atoms with E-state index in [1.807, 2.05) is 39.0 Å². The molecule has 1 fully saturated rings. The highest BCUT2D eigenvalue weighted by molar-refractivity contribution is 5.77. The molecule has 8 heteroatoms. The molecule has 0 atom stereocenters. The van der Waals surface area contributed by atoms with Crippen LogP contribution in [0.1, 0.15) is 33.6 Å². The van der Waals surface area contributed by atoms with E-state index in [2.05, 4.69) is 31.6 Å². The number of benzene rings is 1. The van der Waals surface area contributed by atoms with Gasteiger partial charge in [0.25, 0.3) is 0 Å². The fraction of sp³-hybridized carbons (Fsp3) is 0.522. The van der Waals surface area contributed by atoms with E-state index < -0.39 is 0 Å². The molecule has 0 unspecified atom stereocenters. The molecule has 8 nitrogen and oxygen atoms in total. The molecular formula is C23H33N5O3. The summed E-state index contributed by atoms with van der Waals surface area (Å²) in [5.74, 6) is 2.42. The van der Waals surface area contributed by atoms with Crippen LogP contribution in [0.4, 0.5) is 11.6 Å². The Hall–Kier alpha value is -2.87. The van der Waals surface area contributed by atoms with Crippen LogP contribution in [0.5, 0.6) is 11.5 Å². The lowest BCUT2D eigenvalue weighted by molar-refractivity contribution is -0.125. The number of hydrogen-bond donors (Lipinski definition) is 2. The summed E-state index contributed by atoms with van der Waals surface area (Å²) >= 11 is 0. The van der Waals surface area contributed by atoms with Gasteiger partial charge in [0.05, 0.1) is 12.4 Å². The van der Waals surface area contributed by atoms with Crippen molar-refractivity contribution in [2.45, 2.75) is 39.7 Å². The fourth-order valence-electron chi connectivity index (χ4n) is 3.48. The highest BCUT2D eigenvalue weighted by atomic mass is 16.5. The summed E-state index contributed by atoms with van der Waals surface area (Å²) in [5.41, 5.74) is 1.13. The molecule has 1 aliphatic heterocycles. The summed E-state index contributed by atoms with van der Waals surface area (Å²) in [4.78, 5) is 22.6. The standard InChI is InChI=1S/C23H33N5O3/c1-4-30-16-22(29)24-13-18-8-10-28(11-9-18)19-6-5-7-20(12-19)31-21-14-25-23(26-15-21)27-17(2)3/h5-7,12,14-15,17-18H,4,8-11,13,16H2,1-3H3,(H,24,29)(H,25,26,27). The zero-order chi connectivity index (χ0) is 22.1. The number of carbonyl (C=O) groups is 1. The van der Waals surface area contributed by atoms with Crippen molar-refractivity contribution in [2.75, 3.05) is 43.1 Å². The van der Waals surface area contributed by atoms with E-state index in [1.165, 1.54) is 0 Å². The van der Waals surface area contributed by atoms with Crippen molar-refractivity contribution in [3.05, 3.63) is 36.7 Å². The molecule has 2 aromatic rings. The van der Waals surface area contributed by atoms with Gasteiger partial charge in [-0.25, -0.2) is 9.97 Å². The van der Waals surface area contributed by atoms with E-state index >= 15 is 0 Å². The first kappa shape index (κ1) is 22.8. The van der Waals surface area contributed by atoms with Crippen molar-refractivity contribution in [1.82, 2.24) is 15.3 Å². The van der Waals surface area contributed by atoms with Crippen LogP contribution >= 0.6 is 0 Å². The molecule has 1 aliphatic rings. The summed E-state index contributed by atoms with van der Waals surface area (Å²) in [6, 6.07) is 8.36. The van der Waals surface area contributed by atoms with Crippen LogP contribution in [0.25, 0.3) is 0 Å². The van der Waals surface area contributed by atoms with Crippen molar-refractivity contribution < 1.29 is 14.3 Å². The monoisotopic (exact) mass is 427 g/mol. The number of nitrogens with zero attached hydrogens (tertiary/aromatic N) is 3. The van der Waals surface area contributed by atoms with E-state index in [9.17, 15) is 4.79 Å². The largest absolute Gasteiger partial charge is 0.454 e. The molecule has 1 amide bonds. The number of amides is 1. The zero-order valence-corrected chi connectivity index (χ0v) is 18.6. The normalized spacial score (nSPS) is 14.5. The van der Waals surface area contributed by atoms with E-state index in [-0.39, 0.29) is 18.6 Å². The molecule has 168 valence electrons. The predicted octanol–water partition coefficient (Wildman–Crippen LogP) is 3.46. The van der Waals surface area contributed by atoms with Crippen molar-refractivity contribution in [3.8, 4) is 11.5 Å². The second kappa shape index (κ2) is 11.5. The van der Waals surface area contributed by atoms with Gasteiger partial charge in [-0.05, 0) is 51.7 Å². The van der Waals surface area contributed by atoms with Gasteiger partial charge in [0, 0.05) is 44.0 Å². The lowest BCUT2D eigenvalue weighted by Gasteiger charge is -2.33. The minimum Gasteiger partial charge on any atom is -0.454 e. The van der Waals surface area contributed by atoms with Gasteiger partial charge in [0.1, 0.15) is 12.4 Å². The number of aromatic nitrogens is 2.